The molecule has 1 unspecified atom stereocenters. The number of hydrogen-bond acceptors (Lipinski definition) is 7. The van der Waals surface area contributed by atoms with E-state index in [0.29, 0.717) is 31.0 Å². The van der Waals surface area contributed by atoms with Gasteiger partial charge in [-0.3, -0.25) is 4.79 Å². The molecule has 2 N–H and O–H groups in total. The fourth-order valence-electron chi connectivity index (χ4n) is 3.34. The van der Waals surface area contributed by atoms with E-state index >= 15 is 0 Å². The molecule has 1 aliphatic heterocycles. The number of aromatic nitrogens is 4. The predicted octanol–water partition coefficient (Wildman–Crippen LogP) is 2.56. The minimum Gasteiger partial charge on any atom is -0.444 e. The van der Waals surface area contributed by atoms with E-state index in [1.54, 1.807) is 32.6 Å². The summed E-state index contributed by atoms with van der Waals surface area (Å²) < 4.78 is 44.3. The van der Waals surface area contributed by atoms with Crippen molar-refractivity contribution in [1.29, 1.82) is 0 Å². The van der Waals surface area contributed by atoms with Gasteiger partial charge in [-0.25, -0.2) is 19.7 Å². The Morgan fingerprint density at radius 1 is 1.25 bits per heavy atom. The highest BCUT2D eigenvalue weighted by molar-refractivity contribution is 5.96. The molecule has 0 saturated carbocycles. The third kappa shape index (κ3) is 5.56. The van der Waals surface area contributed by atoms with Crippen LogP contribution in [0, 0.1) is 0 Å². The van der Waals surface area contributed by atoms with Crippen LogP contribution < -0.4 is 10.6 Å². The maximum absolute atomic E-state index is 12.5. The molecule has 0 bridgehead atoms. The lowest BCUT2D eigenvalue weighted by molar-refractivity contribution is -0.123. The Kier molecular flexibility index (Phi) is 6.46. The Labute approximate surface area is 182 Å². The van der Waals surface area contributed by atoms with E-state index in [0.717, 1.165) is 0 Å². The number of nitrogens with zero attached hydrogens (tertiary/aromatic N) is 5. The zero-order valence-electron chi connectivity index (χ0n) is 18.3. The molecule has 0 aromatic carbocycles. The second-order valence-electron chi connectivity index (χ2n) is 8.43. The van der Waals surface area contributed by atoms with Crippen molar-refractivity contribution in [2.45, 2.75) is 58.5 Å². The molecule has 3 rings (SSSR count). The van der Waals surface area contributed by atoms with Gasteiger partial charge in [0.15, 0.2) is 17.0 Å². The smallest absolute Gasteiger partial charge is 0.410 e. The molecule has 176 valence electrons. The summed E-state index contributed by atoms with van der Waals surface area (Å²) in [5.74, 6) is -0.801. The fourth-order valence-corrected chi connectivity index (χ4v) is 3.34. The first kappa shape index (κ1) is 23.5. The Morgan fingerprint density at radius 2 is 1.97 bits per heavy atom. The Balaban J connectivity index is 1.78. The molecule has 1 atom stereocenters. The second-order valence-corrected chi connectivity index (χ2v) is 8.43. The standard InChI is InChI=1S/C19H26F3N7O3/c1-5-29-14-12(27-15(29)16(30)23-9-19(20,21)22)13(24-10-25-14)26-11-6-7-28(8-11)17(31)32-18(2,3)4/h10-11H,5-9H2,1-4H3,(H,23,30)(H,24,25,26). The lowest BCUT2D eigenvalue weighted by atomic mass is 10.2. The number of nitrogens with one attached hydrogen (secondary N) is 2. The number of anilines is 1. The summed E-state index contributed by atoms with van der Waals surface area (Å²) in [6, 6.07) is -0.144. The van der Waals surface area contributed by atoms with Crippen molar-refractivity contribution < 1.29 is 27.5 Å². The van der Waals surface area contributed by atoms with Crippen LogP contribution in [0.4, 0.5) is 23.8 Å². The number of fused-ring (bicyclic) bond motifs is 1. The van der Waals surface area contributed by atoms with Crippen molar-refractivity contribution in [3.05, 3.63) is 12.2 Å². The summed E-state index contributed by atoms with van der Waals surface area (Å²) in [5.41, 5.74) is -0.0105. The Morgan fingerprint density at radius 3 is 2.59 bits per heavy atom. The summed E-state index contributed by atoms with van der Waals surface area (Å²) in [7, 11) is 0. The van der Waals surface area contributed by atoms with Gasteiger partial charge in [-0.2, -0.15) is 13.2 Å². The number of imidazole rings is 1. The summed E-state index contributed by atoms with van der Waals surface area (Å²) >= 11 is 0. The molecule has 0 aliphatic carbocycles. The van der Waals surface area contributed by atoms with Gasteiger partial charge >= 0.3 is 12.3 Å². The van der Waals surface area contributed by atoms with Crippen molar-refractivity contribution in [3.8, 4) is 0 Å². The first-order valence-corrected chi connectivity index (χ1v) is 10.2. The summed E-state index contributed by atoms with van der Waals surface area (Å²) in [6.07, 6.45) is -3.02. The maximum atomic E-state index is 12.5. The summed E-state index contributed by atoms with van der Waals surface area (Å²) in [6.45, 7) is 6.80. The largest absolute Gasteiger partial charge is 0.444 e. The number of hydrogen-bond donors (Lipinski definition) is 2. The molecular formula is C19H26F3N7O3. The fraction of sp³-hybridized carbons (Fsp3) is 0.632. The van der Waals surface area contributed by atoms with Crippen molar-refractivity contribution >= 4 is 29.0 Å². The topological polar surface area (TPSA) is 114 Å². The Bertz CT molecular complexity index is 1000. The van der Waals surface area contributed by atoms with Crippen LogP contribution in [0.15, 0.2) is 6.33 Å². The molecule has 2 aromatic heterocycles. The lowest BCUT2D eigenvalue weighted by Crippen LogP contribution is -2.36. The summed E-state index contributed by atoms with van der Waals surface area (Å²) in [4.78, 5) is 38.7. The average molecular weight is 457 g/mol. The molecule has 2 amide bonds. The highest BCUT2D eigenvalue weighted by atomic mass is 19.4. The molecule has 1 fully saturated rings. The van der Waals surface area contributed by atoms with Gasteiger partial charge in [-0.05, 0) is 34.1 Å². The van der Waals surface area contributed by atoms with Crippen LogP contribution in [0.25, 0.3) is 11.2 Å². The van der Waals surface area contributed by atoms with E-state index in [1.165, 1.54) is 10.9 Å². The number of rotatable bonds is 5. The van der Waals surface area contributed by atoms with E-state index < -0.39 is 30.3 Å². The minimum atomic E-state index is -4.53. The minimum absolute atomic E-state index is 0.144. The molecule has 32 heavy (non-hydrogen) atoms. The third-order valence-corrected chi connectivity index (χ3v) is 4.68. The number of aryl methyl sites for hydroxylation is 1. The van der Waals surface area contributed by atoms with Crippen LogP contribution in [0.3, 0.4) is 0 Å². The normalized spacial score (nSPS) is 17.0. The van der Waals surface area contributed by atoms with Crippen LogP contribution in [-0.4, -0.2) is 73.9 Å². The predicted molar refractivity (Wildman–Crippen MR) is 109 cm³/mol. The highest BCUT2D eigenvalue weighted by Crippen LogP contribution is 2.24. The van der Waals surface area contributed by atoms with Crippen LogP contribution in [0.1, 0.15) is 44.7 Å². The molecular weight excluding hydrogens is 431 g/mol. The first-order valence-electron chi connectivity index (χ1n) is 10.2. The quantitative estimate of drug-likeness (QED) is 0.709. The monoisotopic (exact) mass is 457 g/mol. The van der Waals surface area contributed by atoms with E-state index in [4.69, 9.17) is 4.74 Å². The number of ether oxygens (including phenoxy) is 1. The number of carbonyl (C=O) groups excluding carboxylic acids is 2. The van der Waals surface area contributed by atoms with Gasteiger partial charge in [0.2, 0.25) is 5.82 Å². The number of alkyl halides is 3. The van der Waals surface area contributed by atoms with Crippen molar-refractivity contribution in [3.63, 3.8) is 0 Å². The zero-order valence-corrected chi connectivity index (χ0v) is 18.3. The van der Waals surface area contributed by atoms with E-state index in [9.17, 15) is 22.8 Å². The van der Waals surface area contributed by atoms with Crippen LogP contribution in [0.2, 0.25) is 0 Å². The van der Waals surface area contributed by atoms with Gasteiger partial charge in [-0.15, -0.1) is 0 Å². The molecule has 13 heteroatoms. The van der Waals surface area contributed by atoms with Gasteiger partial charge < -0.3 is 24.8 Å². The Hall–Kier alpha value is -3.12. The number of carbonyl (C=O) groups is 2. The average Bonchev–Trinajstić information content (AvgIpc) is 3.29. The number of halogens is 3. The van der Waals surface area contributed by atoms with Gasteiger partial charge in [-0.1, -0.05) is 0 Å². The summed E-state index contributed by atoms with van der Waals surface area (Å²) in [5, 5.41) is 5.03. The van der Waals surface area contributed by atoms with E-state index in [2.05, 4.69) is 20.3 Å². The SMILES string of the molecule is CCn1c(C(=O)NCC(F)(F)F)nc2c(NC3CCN(C(=O)OC(C)(C)C)C3)ncnc21. The molecule has 0 spiro atoms. The second kappa shape index (κ2) is 8.79. The first-order chi connectivity index (χ1) is 14.9. The van der Waals surface area contributed by atoms with Crippen LogP contribution in [-0.2, 0) is 11.3 Å². The van der Waals surface area contributed by atoms with Crippen molar-refractivity contribution in [2.75, 3.05) is 25.0 Å². The highest BCUT2D eigenvalue weighted by Gasteiger charge is 2.32. The zero-order chi connectivity index (χ0) is 23.7. The molecule has 3 heterocycles. The molecule has 0 radical (unpaired) electrons. The van der Waals surface area contributed by atoms with Crippen molar-refractivity contribution in [2.24, 2.45) is 0 Å². The van der Waals surface area contributed by atoms with Crippen LogP contribution >= 0.6 is 0 Å². The van der Waals surface area contributed by atoms with Gasteiger partial charge in [0, 0.05) is 25.7 Å². The van der Waals surface area contributed by atoms with E-state index in [1.807, 2.05) is 5.32 Å². The third-order valence-electron chi connectivity index (χ3n) is 4.68. The lowest BCUT2D eigenvalue weighted by Gasteiger charge is -2.24. The maximum Gasteiger partial charge on any atom is 0.410 e. The van der Waals surface area contributed by atoms with E-state index in [-0.39, 0.29) is 23.9 Å². The van der Waals surface area contributed by atoms with Crippen LogP contribution in [0.5, 0.6) is 0 Å². The van der Waals surface area contributed by atoms with Gasteiger partial charge in [0.25, 0.3) is 5.91 Å². The molecule has 10 nitrogen and oxygen atoms in total. The molecule has 1 saturated heterocycles. The molecule has 1 aliphatic rings. The van der Waals surface area contributed by atoms with Gasteiger partial charge in [0.05, 0.1) is 0 Å². The molecule has 2 aromatic rings. The number of amides is 2. The number of likely N-dealkylation sites (tertiary alicyclic amines) is 1. The van der Waals surface area contributed by atoms with Crippen molar-refractivity contribution in [1.82, 2.24) is 29.7 Å². The van der Waals surface area contributed by atoms with Gasteiger partial charge in [0.1, 0.15) is 18.5 Å².